The summed E-state index contributed by atoms with van der Waals surface area (Å²) in [6, 6.07) is 0.537. The lowest BCUT2D eigenvalue weighted by Crippen LogP contribution is -2.39. The molecule has 1 aliphatic rings. The van der Waals surface area contributed by atoms with Gasteiger partial charge in [0.05, 0.1) is 12.4 Å². The number of rotatable bonds is 5. The molecular formula is C16H30Br2N4S. The van der Waals surface area contributed by atoms with Crippen molar-refractivity contribution in [2.45, 2.75) is 70.9 Å². The van der Waals surface area contributed by atoms with Crippen molar-refractivity contribution in [3.63, 3.8) is 0 Å². The molecule has 4 nitrogen and oxygen atoms in total. The molecule has 0 radical (unpaired) electrons. The van der Waals surface area contributed by atoms with Gasteiger partial charge in [0.1, 0.15) is 0 Å². The molecule has 1 aromatic rings. The van der Waals surface area contributed by atoms with Crippen molar-refractivity contribution in [3.05, 3.63) is 18.2 Å². The molecule has 1 heterocycles. The van der Waals surface area contributed by atoms with Crippen LogP contribution in [0.5, 0.6) is 0 Å². The molecular weight excluding hydrogens is 440 g/mol. The summed E-state index contributed by atoms with van der Waals surface area (Å²) in [5, 5.41) is 4.69. The molecule has 1 fully saturated rings. The van der Waals surface area contributed by atoms with Gasteiger partial charge in [-0.2, -0.15) is 0 Å². The Hall–Kier alpha value is -0.0100. The average Bonchev–Trinajstić information content (AvgIpc) is 3.05. The summed E-state index contributed by atoms with van der Waals surface area (Å²) >= 11 is 1.86. The molecule has 0 unspecified atom stereocenters. The van der Waals surface area contributed by atoms with Crippen LogP contribution in [0.4, 0.5) is 0 Å². The van der Waals surface area contributed by atoms with E-state index in [1.807, 2.05) is 18.0 Å². The molecule has 7 heteroatoms. The molecule has 0 atom stereocenters. The molecule has 0 amide bonds. The van der Waals surface area contributed by atoms with E-state index in [0.717, 1.165) is 23.8 Å². The average molecular weight is 470 g/mol. The van der Waals surface area contributed by atoms with Gasteiger partial charge in [-0.3, -0.25) is 4.99 Å². The Labute approximate surface area is 165 Å². The van der Waals surface area contributed by atoms with Gasteiger partial charge in [0.15, 0.2) is 5.17 Å². The smallest absolute Gasteiger partial charge is 0.157 e. The third kappa shape index (κ3) is 9.77. The van der Waals surface area contributed by atoms with E-state index >= 15 is 0 Å². The summed E-state index contributed by atoms with van der Waals surface area (Å²) < 4.78 is 0. The molecule has 0 bridgehead atoms. The Balaban J connectivity index is 0.00000242. The minimum atomic E-state index is 0. The third-order valence-corrected chi connectivity index (χ3v) is 4.46. The van der Waals surface area contributed by atoms with Crippen molar-refractivity contribution in [2.24, 2.45) is 4.99 Å². The monoisotopic (exact) mass is 468 g/mol. The predicted octanol–water partition coefficient (Wildman–Crippen LogP) is 4.92. The Bertz CT molecular complexity index is 437. The maximum atomic E-state index is 4.94. The van der Waals surface area contributed by atoms with Gasteiger partial charge in [-0.1, -0.05) is 24.6 Å². The molecule has 1 saturated carbocycles. The van der Waals surface area contributed by atoms with Crippen LogP contribution in [0, 0.1) is 0 Å². The SMILES string of the molecule is Br.Br.CC(C)(C)NC(=NC1CCCC1)SCCCc1cnc[nH]1. The fourth-order valence-electron chi connectivity index (χ4n) is 2.48. The molecule has 23 heavy (non-hydrogen) atoms. The normalized spacial score (nSPS) is 15.9. The second kappa shape index (κ2) is 11.5. The summed E-state index contributed by atoms with van der Waals surface area (Å²) in [7, 11) is 0. The quantitative estimate of drug-likeness (QED) is 0.365. The van der Waals surface area contributed by atoms with Crippen molar-refractivity contribution >= 4 is 50.9 Å². The number of H-pyrrole nitrogens is 1. The van der Waals surface area contributed by atoms with Gasteiger partial charge >= 0.3 is 0 Å². The standard InChI is InChI=1S/C16H28N4S.2BrH/c1-16(2,3)20-15(19-13-7-4-5-8-13)21-10-6-9-14-11-17-12-18-14;;/h11-13H,4-10H2,1-3H3,(H,17,18)(H,19,20);2*1H. The first-order valence-corrected chi connectivity index (χ1v) is 8.97. The summed E-state index contributed by atoms with van der Waals surface area (Å²) in [5.41, 5.74) is 1.29. The van der Waals surface area contributed by atoms with E-state index in [0.29, 0.717) is 6.04 Å². The van der Waals surface area contributed by atoms with Gasteiger partial charge in [-0.15, -0.1) is 34.0 Å². The van der Waals surface area contributed by atoms with Crippen molar-refractivity contribution < 1.29 is 0 Å². The van der Waals surface area contributed by atoms with E-state index < -0.39 is 0 Å². The van der Waals surface area contributed by atoms with Crippen LogP contribution in [0.3, 0.4) is 0 Å². The van der Waals surface area contributed by atoms with Crippen molar-refractivity contribution in [2.75, 3.05) is 5.75 Å². The number of aromatic nitrogens is 2. The van der Waals surface area contributed by atoms with Crippen molar-refractivity contribution in [1.29, 1.82) is 0 Å². The Morgan fingerprint density at radius 2 is 2.04 bits per heavy atom. The first kappa shape index (κ1) is 23.0. The lowest BCUT2D eigenvalue weighted by atomic mass is 10.1. The second-order valence-electron chi connectivity index (χ2n) is 6.78. The highest BCUT2D eigenvalue weighted by Crippen LogP contribution is 2.22. The van der Waals surface area contributed by atoms with E-state index in [1.54, 1.807) is 6.33 Å². The topological polar surface area (TPSA) is 53.1 Å². The molecule has 1 aromatic heterocycles. The van der Waals surface area contributed by atoms with E-state index in [2.05, 4.69) is 36.1 Å². The third-order valence-electron chi connectivity index (χ3n) is 3.49. The number of hydrogen-bond acceptors (Lipinski definition) is 3. The van der Waals surface area contributed by atoms with Crippen LogP contribution in [-0.4, -0.2) is 32.5 Å². The van der Waals surface area contributed by atoms with Crippen molar-refractivity contribution in [1.82, 2.24) is 15.3 Å². The fourth-order valence-corrected chi connectivity index (χ4v) is 3.56. The lowest BCUT2D eigenvalue weighted by Gasteiger charge is -2.23. The summed E-state index contributed by atoms with van der Waals surface area (Å²) in [6.07, 6.45) is 11.0. The minimum Gasteiger partial charge on any atom is -0.360 e. The predicted molar refractivity (Wildman–Crippen MR) is 113 cm³/mol. The first-order valence-electron chi connectivity index (χ1n) is 7.99. The van der Waals surface area contributed by atoms with Gasteiger partial charge in [-0.05, 0) is 46.5 Å². The minimum absolute atomic E-state index is 0. The molecule has 0 saturated heterocycles. The van der Waals surface area contributed by atoms with Gasteiger partial charge < -0.3 is 10.3 Å². The number of halogens is 2. The number of aliphatic imine (C=N–C) groups is 1. The number of amidine groups is 1. The summed E-state index contributed by atoms with van der Waals surface area (Å²) in [6.45, 7) is 6.59. The highest BCUT2D eigenvalue weighted by Gasteiger charge is 2.17. The zero-order valence-corrected chi connectivity index (χ0v) is 18.5. The molecule has 0 aliphatic heterocycles. The first-order chi connectivity index (χ1) is 10.0. The zero-order valence-electron chi connectivity index (χ0n) is 14.3. The number of thioether (sulfide) groups is 1. The van der Waals surface area contributed by atoms with Crippen LogP contribution in [0.1, 0.15) is 58.6 Å². The highest BCUT2D eigenvalue weighted by atomic mass is 79.9. The van der Waals surface area contributed by atoms with Crippen LogP contribution in [0.15, 0.2) is 17.5 Å². The largest absolute Gasteiger partial charge is 0.360 e. The van der Waals surface area contributed by atoms with Gasteiger partial charge in [0.2, 0.25) is 0 Å². The fraction of sp³-hybridized carbons (Fsp3) is 0.750. The van der Waals surface area contributed by atoms with Gasteiger partial charge in [0, 0.05) is 23.2 Å². The number of imidazole rings is 1. The Kier molecular flexibility index (Phi) is 11.5. The Morgan fingerprint density at radius 3 is 2.61 bits per heavy atom. The summed E-state index contributed by atoms with van der Waals surface area (Å²) in [5.74, 6) is 1.09. The maximum Gasteiger partial charge on any atom is 0.157 e. The molecule has 134 valence electrons. The summed E-state index contributed by atoms with van der Waals surface area (Å²) in [4.78, 5) is 12.2. The van der Waals surface area contributed by atoms with E-state index in [-0.39, 0.29) is 39.5 Å². The van der Waals surface area contributed by atoms with E-state index in [9.17, 15) is 0 Å². The van der Waals surface area contributed by atoms with Crippen LogP contribution >= 0.6 is 45.7 Å². The highest BCUT2D eigenvalue weighted by molar-refractivity contribution is 8.93. The van der Waals surface area contributed by atoms with Gasteiger partial charge in [0.25, 0.3) is 0 Å². The maximum absolute atomic E-state index is 4.94. The number of hydrogen-bond donors (Lipinski definition) is 2. The van der Waals surface area contributed by atoms with Crippen LogP contribution in [-0.2, 0) is 6.42 Å². The van der Waals surface area contributed by atoms with Crippen LogP contribution in [0.25, 0.3) is 0 Å². The lowest BCUT2D eigenvalue weighted by molar-refractivity contribution is 0.512. The van der Waals surface area contributed by atoms with Gasteiger partial charge in [-0.25, -0.2) is 4.98 Å². The molecule has 2 rings (SSSR count). The number of aromatic amines is 1. The molecule has 1 aliphatic carbocycles. The molecule has 0 spiro atoms. The second-order valence-corrected chi connectivity index (χ2v) is 7.86. The Morgan fingerprint density at radius 1 is 1.35 bits per heavy atom. The molecule has 0 aromatic carbocycles. The number of aryl methyl sites for hydroxylation is 1. The number of nitrogens with one attached hydrogen (secondary N) is 2. The van der Waals surface area contributed by atoms with E-state index in [4.69, 9.17) is 4.99 Å². The zero-order chi connectivity index (χ0) is 15.1. The number of nitrogens with zero attached hydrogens (tertiary/aromatic N) is 2. The van der Waals surface area contributed by atoms with Crippen LogP contribution in [0.2, 0.25) is 0 Å². The molecule has 2 N–H and O–H groups in total. The van der Waals surface area contributed by atoms with Crippen LogP contribution < -0.4 is 5.32 Å². The van der Waals surface area contributed by atoms with Crippen molar-refractivity contribution in [3.8, 4) is 0 Å². The van der Waals surface area contributed by atoms with E-state index in [1.165, 1.54) is 31.4 Å².